The smallest absolute Gasteiger partial charge is 0.389 e. The number of ether oxygens (including phenoxy) is 1. The Morgan fingerprint density at radius 1 is 1.25 bits per heavy atom. The van der Waals surface area contributed by atoms with Gasteiger partial charge in [0.2, 0.25) is 0 Å². The van der Waals surface area contributed by atoms with Crippen molar-refractivity contribution in [2.45, 2.75) is 57.8 Å². The first-order chi connectivity index (χ1) is 16.8. The third-order valence-electron chi connectivity index (χ3n) is 5.90. The summed E-state index contributed by atoms with van der Waals surface area (Å²) in [4.78, 5) is 22.9. The second kappa shape index (κ2) is 10.7. The van der Waals surface area contributed by atoms with Crippen molar-refractivity contribution in [3.05, 3.63) is 48.4 Å². The lowest BCUT2D eigenvalue weighted by Crippen LogP contribution is -2.51. The molecular weight excluding hydrogens is 485 g/mol. The van der Waals surface area contributed by atoms with Crippen molar-refractivity contribution in [1.29, 1.82) is 0 Å². The fraction of sp³-hybridized carbons (Fsp3) is 0.458. The molecule has 2 heterocycles. The van der Waals surface area contributed by atoms with Crippen LogP contribution in [-0.4, -0.2) is 57.1 Å². The first kappa shape index (κ1) is 27.2. The number of nitrogens with one attached hydrogen (secondary N) is 1. The van der Waals surface area contributed by atoms with Crippen LogP contribution in [0.1, 0.15) is 45.2 Å². The van der Waals surface area contributed by atoms with Crippen molar-refractivity contribution in [2.75, 3.05) is 13.7 Å². The third-order valence-corrected chi connectivity index (χ3v) is 5.90. The molecule has 196 valence electrons. The van der Waals surface area contributed by atoms with Gasteiger partial charge in [0.25, 0.3) is 11.8 Å². The van der Waals surface area contributed by atoms with Gasteiger partial charge in [0, 0.05) is 44.0 Å². The highest BCUT2D eigenvalue weighted by Crippen LogP contribution is 2.30. The summed E-state index contributed by atoms with van der Waals surface area (Å²) in [5.74, 6) is -3.20. The van der Waals surface area contributed by atoms with Gasteiger partial charge in [-0.3, -0.25) is 0 Å². The number of fused-ring (bicyclic) bond motifs is 1. The first-order valence-electron chi connectivity index (χ1n) is 11.3. The van der Waals surface area contributed by atoms with Crippen LogP contribution in [-0.2, 0) is 0 Å². The molecule has 0 spiro atoms. The number of nitrogens with zero attached hydrogens (tertiary/aromatic N) is 4. The Labute approximate surface area is 205 Å². The Morgan fingerprint density at radius 2 is 1.97 bits per heavy atom. The fourth-order valence-corrected chi connectivity index (χ4v) is 3.90. The zero-order valence-electron chi connectivity index (χ0n) is 20.3. The summed E-state index contributed by atoms with van der Waals surface area (Å²) in [5, 5.41) is 2.11. The van der Waals surface area contributed by atoms with Crippen molar-refractivity contribution in [2.24, 2.45) is 0 Å². The van der Waals surface area contributed by atoms with E-state index in [1.54, 1.807) is 55.0 Å². The number of hydrogen-bond donors (Lipinski definition) is 1. The van der Waals surface area contributed by atoms with Crippen LogP contribution >= 0.6 is 0 Å². The fourth-order valence-electron chi connectivity index (χ4n) is 3.90. The van der Waals surface area contributed by atoms with E-state index in [1.165, 1.54) is 12.0 Å². The van der Waals surface area contributed by atoms with Gasteiger partial charge >= 0.3 is 12.2 Å². The topological polar surface area (TPSA) is 71.8 Å². The average molecular weight is 514 g/mol. The van der Waals surface area contributed by atoms with Crippen LogP contribution in [0.3, 0.4) is 0 Å². The van der Waals surface area contributed by atoms with Crippen LogP contribution in [0.25, 0.3) is 16.9 Å². The molecule has 2 amide bonds. The van der Waals surface area contributed by atoms with Gasteiger partial charge in [-0.15, -0.1) is 0 Å². The molecular formula is C24H28F5N5O2. The Balaban J connectivity index is 1.84. The molecule has 0 radical (unpaired) electrons. The highest BCUT2D eigenvalue weighted by molar-refractivity contribution is 5.75. The van der Waals surface area contributed by atoms with Gasteiger partial charge in [0.15, 0.2) is 5.65 Å². The summed E-state index contributed by atoms with van der Waals surface area (Å²) >= 11 is 0. The zero-order chi connectivity index (χ0) is 26.7. The Kier molecular flexibility index (Phi) is 8.05. The van der Waals surface area contributed by atoms with Crippen LogP contribution in [0, 0.1) is 0 Å². The van der Waals surface area contributed by atoms with Gasteiger partial charge in [-0.1, -0.05) is 18.2 Å². The number of urea groups is 1. The van der Waals surface area contributed by atoms with Crippen LogP contribution < -0.4 is 10.1 Å². The van der Waals surface area contributed by atoms with E-state index < -0.39 is 43.1 Å². The molecule has 3 aromatic rings. The van der Waals surface area contributed by atoms with Gasteiger partial charge in [-0.25, -0.2) is 23.5 Å². The van der Waals surface area contributed by atoms with E-state index in [0.29, 0.717) is 35.3 Å². The summed E-state index contributed by atoms with van der Waals surface area (Å²) in [5.41, 5.74) is 2.53. The largest absolute Gasteiger partial charge is 0.478 e. The number of carbonyl (C=O) groups is 1. The SMILES string of the molecule is CCN(C(=O)NC(CCC(F)(F)F)C(C)(F)F)C(C)c1cccc(-c2cn3ccnc3c(OC)n2)c1. The lowest BCUT2D eigenvalue weighted by Gasteiger charge is -2.32. The predicted octanol–water partition coefficient (Wildman–Crippen LogP) is 5.86. The Hall–Kier alpha value is -3.44. The molecule has 0 saturated heterocycles. The number of methoxy groups -OCH3 is 1. The lowest BCUT2D eigenvalue weighted by atomic mass is 10.0. The van der Waals surface area contributed by atoms with Gasteiger partial charge in [0.1, 0.15) is 0 Å². The van der Waals surface area contributed by atoms with Gasteiger partial charge in [0.05, 0.1) is 24.9 Å². The second-order valence-electron chi connectivity index (χ2n) is 8.49. The quantitative estimate of drug-likeness (QED) is 0.364. The zero-order valence-corrected chi connectivity index (χ0v) is 20.3. The molecule has 0 bridgehead atoms. The number of rotatable bonds is 9. The molecule has 2 aromatic heterocycles. The Bertz CT molecular complexity index is 1190. The van der Waals surface area contributed by atoms with E-state index in [0.717, 1.165) is 0 Å². The maximum Gasteiger partial charge on any atom is 0.389 e. The third kappa shape index (κ3) is 6.41. The van der Waals surface area contributed by atoms with Crippen molar-refractivity contribution in [3.8, 4) is 17.1 Å². The van der Waals surface area contributed by atoms with Crippen LogP contribution in [0.15, 0.2) is 42.9 Å². The number of alkyl halides is 5. The second-order valence-corrected chi connectivity index (χ2v) is 8.49. The van der Waals surface area contributed by atoms with Crippen molar-refractivity contribution >= 4 is 11.7 Å². The van der Waals surface area contributed by atoms with E-state index in [4.69, 9.17) is 4.74 Å². The lowest BCUT2D eigenvalue weighted by molar-refractivity contribution is -0.141. The maximum atomic E-state index is 14.0. The monoisotopic (exact) mass is 513 g/mol. The van der Waals surface area contributed by atoms with Gasteiger partial charge in [-0.05, 0) is 31.9 Å². The average Bonchev–Trinajstić information content (AvgIpc) is 3.29. The van der Waals surface area contributed by atoms with Crippen molar-refractivity contribution < 1.29 is 31.5 Å². The maximum absolute atomic E-state index is 14.0. The van der Waals surface area contributed by atoms with E-state index in [1.807, 2.05) is 6.07 Å². The molecule has 3 rings (SSSR count). The number of imidazole rings is 1. The van der Waals surface area contributed by atoms with Crippen molar-refractivity contribution in [3.63, 3.8) is 0 Å². The molecule has 1 aromatic carbocycles. The summed E-state index contributed by atoms with van der Waals surface area (Å²) in [6, 6.07) is 3.77. The molecule has 0 aliphatic rings. The Morgan fingerprint density at radius 3 is 2.58 bits per heavy atom. The van der Waals surface area contributed by atoms with Crippen LogP contribution in [0.4, 0.5) is 26.7 Å². The highest BCUT2D eigenvalue weighted by atomic mass is 19.4. The number of benzene rings is 1. The molecule has 1 N–H and O–H groups in total. The summed E-state index contributed by atoms with van der Waals surface area (Å²) in [7, 11) is 1.48. The van der Waals surface area contributed by atoms with Gasteiger partial charge in [-0.2, -0.15) is 13.2 Å². The minimum Gasteiger partial charge on any atom is -0.478 e. The number of amides is 2. The number of halogens is 5. The summed E-state index contributed by atoms with van der Waals surface area (Å²) in [6.45, 7) is 4.01. The molecule has 12 heteroatoms. The number of aromatic nitrogens is 3. The molecule has 7 nitrogen and oxygen atoms in total. The number of carbonyl (C=O) groups excluding carboxylic acids is 1. The summed E-state index contributed by atoms with van der Waals surface area (Å²) in [6.07, 6.45) is -1.83. The van der Waals surface area contributed by atoms with E-state index in [9.17, 15) is 26.7 Å². The standard InChI is InChI=1S/C24H28F5N5O2/c1-5-34(22(35)32-19(23(3,25)26)9-10-24(27,28)29)15(2)16-7-6-8-17(13-16)18-14-33-12-11-30-20(33)21(31-18)36-4/h6-8,11-15,19H,5,9-10H2,1-4H3,(H,32,35). The van der Waals surface area contributed by atoms with Crippen LogP contribution in [0.5, 0.6) is 5.88 Å². The summed E-state index contributed by atoms with van der Waals surface area (Å²) < 4.78 is 72.9. The van der Waals surface area contributed by atoms with Gasteiger partial charge < -0.3 is 19.4 Å². The van der Waals surface area contributed by atoms with E-state index in [2.05, 4.69) is 15.3 Å². The minimum absolute atomic E-state index is 0.144. The minimum atomic E-state index is -4.61. The highest BCUT2D eigenvalue weighted by Gasteiger charge is 2.39. The van der Waals surface area contributed by atoms with E-state index in [-0.39, 0.29) is 6.54 Å². The molecule has 0 saturated carbocycles. The molecule has 2 unspecified atom stereocenters. The number of hydrogen-bond acceptors (Lipinski definition) is 4. The molecule has 0 aliphatic carbocycles. The normalized spacial score (nSPS) is 13.9. The van der Waals surface area contributed by atoms with Crippen molar-refractivity contribution in [1.82, 2.24) is 24.6 Å². The van der Waals surface area contributed by atoms with E-state index >= 15 is 0 Å². The molecule has 0 aliphatic heterocycles. The molecule has 0 fully saturated rings. The predicted molar refractivity (Wildman–Crippen MR) is 124 cm³/mol. The molecule has 2 atom stereocenters. The molecule has 36 heavy (non-hydrogen) atoms. The van der Waals surface area contributed by atoms with Crippen LogP contribution in [0.2, 0.25) is 0 Å². The first-order valence-corrected chi connectivity index (χ1v) is 11.3.